The topological polar surface area (TPSA) is 6.48 Å². The van der Waals surface area contributed by atoms with Gasteiger partial charge in [-0.25, -0.2) is 0 Å². The van der Waals surface area contributed by atoms with Gasteiger partial charge >= 0.3 is 0 Å². The lowest BCUT2D eigenvalue weighted by atomic mass is 9.94. The summed E-state index contributed by atoms with van der Waals surface area (Å²) in [5, 5.41) is 0. The van der Waals surface area contributed by atoms with Crippen molar-refractivity contribution in [1.29, 1.82) is 0 Å². The van der Waals surface area contributed by atoms with E-state index in [1.807, 2.05) is 0 Å². The van der Waals surface area contributed by atoms with E-state index in [0.717, 1.165) is 31.8 Å². The van der Waals surface area contributed by atoms with Gasteiger partial charge in [-0.3, -0.25) is 0 Å². The summed E-state index contributed by atoms with van der Waals surface area (Å²) in [6, 6.07) is 9.50. The van der Waals surface area contributed by atoms with Gasteiger partial charge in [0.05, 0.1) is 0 Å². The maximum Gasteiger partial charge on any atom is 0.0366 e. The highest BCUT2D eigenvalue weighted by molar-refractivity contribution is 5.51. The van der Waals surface area contributed by atoms with Gasteiger partial charge in [-0.15, -0.1) is 0 Å². The maximum absolute atomic E-state index is 4.11. The number of rotatable bonds is 3. The number of piperidine rings is 2. The highest BCUT2D eigenvalue weighted by atomic mass is 15.2. The fourth-order valence-electron chi connectivity index (χ4n) is 4.36. The van der Waals surface area contributed by atoms with Gasteiger partial charge in [0, 0.05) is 37.3 Å². The van der Waals surface area contributed by atoms with E-state index in [0.29, 0.717) is 5.41 Å². The van der Waals surface area contributed by atoms with Gasteiger partial charge in [-0.05, 0) is 49.4 Å². The summed E-state index contributed by atoms with van der Waals surface area (Å²) in [5.74, 6) is 0.918. The Hall–Kier alpha value is -1.28. The molecule has 3 fully saturated rings. The molecule has 2 nitrogen and oxygen atoms in total. The minimum atomic E-state index is 0.505. The summed E-state index contributed by atoms with van der Waals surface area (Å²) in [6.07, 6.45) is 3.71. The summed E-state index contributed by atoms with van der Waals surface area (Å²) in [4.78, 5) is 5.12. The van der Waals surface area contributed by atoms with Gasteiger partial charge < -0.3 is 9.80 Å². The van der Waals surface area contributed by atoms with Crippen LogP contribution in [0.25, 0.3) is 0 Å². The zero-order valence-corrected chi connectivity index (χ0v) is 13.1. The van der Waals surface area contributed by atoms with Crippen LogP contribution in [-0.4, -0.2) is 37.6 Å². The Kier molecular flexibility index (Phi) is 3.11. The lowest BCUT2D eigenvalue weighted by Crippen LogP contribution is -2.30. The highest BCUT2D eigenvalue weighted by Gasteiger charge is 2.60. The average molecular weight is 282 g/mol. The molecule has 1 aliphatic carbocycles. The van der Waals surface area contributed by atoms with Gasteiger partial charge in [0.25, 0.3) is 0 Å². The second kappa shape index (κ2) is 4.88. The monoisotopic (exact) mass is 282 g/mol. The Morgan fingerprint density at radius 1 is 1.19 bits per heavy atom. The fourth-order valence-corrected chi connectivity index (χ4v) is 4.36. The molecule has 0 radical (unpaired) electrons. The minimum absolute atomic E-state index is 0.505. The van der Waals surface area contributed by atoms with Crippen molar-refractivity contribution in [3.8, 4) is 0 Å². The molecule has 0 amide bonds. The molecule has 2 heteroatoms. The van der Waals surface area contributed by atoms with Gasteiger partial charge in [0.1, 0.15) is 0 Å². The lowest BCUT2D eigenvalue weighted by molar-refractivity contribution is 0.314. The van der Waals surface area contributed by atoms with Crippen molar-refractivity contribution >= 4 is 5.69 Å². The Morgan fingerprint density at radius 2 is 1.90 bits per heavy atom. The Bertz CT molecular complexity index is 537. The largest absolute Gasteiger partial charge is 0.371 e. The average Bonchev–Trinajstić information content (AvgIpc) is 3.10. The van der Waals surface area contributed by atoms with Crippen LogP contribution in [0.4, 0.5) is 5.69 Å². The maximum atomic E-state index is 4.11. The minimum Gasteiger partial charge on any atom is -0.371 e. The molecule has 1 aromatic carbocycles. The predicted molar refractivity (Wildman–Crippen MR) is 88.9 cm³/mol. The van der Waals surface area contributed by atoms with Gasteiger partial charge in [-0.1, -0.05) is 31.2 Å². The molecule has 0 aromatic heterocycles. The van der Waals surface area contributed by atoms with E-state index in [2.05, 4.69) is 47.6 Å². The predicted octanol–water partition coefficient (Wildman–Crippen LogP) is 3.44. The quantitative estimate of drug-likeness (QED) is 0.784. The molecule has 2 heterocycles. The molecule has 21 heavy (non-hydrogen) atoms. The van der Waals surface area contributed by atoms with Crippen molar-refractivity contribution in [2.75, 3.05) is 37.6 Å². The number of likely N-dealkylation sites (tertiary alicyclic amines) is 1. The van der Waals surface area contributed by atoms with Crippen LogP contribution in [0.2, 0.25) is 0 Å². The lowest BCUT2D eigenvalue weighted by Gasteiger charge is -2.30. The third-order valence-corrected chi connectivity index (χ3v) is 5.94. The van der Waals surface area contributed by atoms with Crippen molar-refractivity contribution in [3.63, 3.8) is 0 Å². The van der Waals surface area contributed by atoms with Crippen LogP contribution < -0.4 is 4.90 Å². The second-order valence-corrected chi connectivity index (χ2v) is 7.17. The van der Waals surface area contributed by atoms with Crippen LogP contribution in [0, 0.1) is 5.92 Å². The first-order valence-corrected chi connectivity index (χ1v) is 8.46. The summed E-state index contributed by atoms with van der Waals surface area (Å²) in [6.45, 7) is 12.4. The van der Waals surface area contributed by atoms with E-state index in [-0.39, 0.29) is 0 Å². The van der Waals surface area contributed by atoms with Gasteiger partial charge in [0.15, 0.2) is 0 Å². The molecule has 0 bridgehead atoms. The first-order chi connectivity index (χ1) is 10.2. The first-order valence-electron chi connectivity index (χ1n) is 8.46. The zero-order chi connectivity index (χ0) is 14.4. The first kappa shape index (κ1) is 13.4. The number of fused-ring (bicyclic) bond motifs is 1. The smallest absolute Gasteiger partial charge is 0.0366 e. The number of likely N-dealkylation sites (N-methyl/N-ethyl adjacent to an activating group) is 1. The van der Waals surface area contributed by atoms with Crippen molar-refractivity contribution in [2.24, 2.45) is 5.92 Å². The van der Waals surface area contributed by atoms with E-state index in [1.165, 1.54) is 37.3 Å². The third-order valence-electron chi connectivity index (χ3n) is 5.94. The standard InChI is InChI=1S/C19H26N2/c1-3-20-13-17-12-19(17,14-20)16-4-6-18(7-5-16)21-10-8-15(2)9-11-21/h4-7,17H,2-3,8-14H2,1H3. The molecule has 1 aromatic rings. The summed E-state index contributed by atoms with van der Waals surface area (Å²) in [5.41, 5.74) is 4.89. The van der Waals surface area contributed by atoms with Gasteiger partial charge in [-0.2, -0.15) is 0 Å². The molecular weight excluding hydrogens is 256 g/mol. The van der Waals surface area contributed by atoms with Crippen LogP contribution in [0.3, 0.4) is 0 Å². The number of hydrogen-bond donors (Lipinski definition) is 0. The summed E-state index contributed by atoms with van der Waals surface area (Å²) < 4.78 is 0. The third kappa shape index (κ3) is 2.20. The number of hydrogen-bond acceptors (Lipinski definition) is 2. The van der Waals surface area contributed by atoms with Crippen LogP contribution >= 0.6 is 0 Å². The van der Waals surface area contributed by atoms with Crippen LogP contribution in [0.15, 0.2) is 36.4 Å². The summed E-state index contributed by atoms with van der Waals surface area (Å²) >= 11 is 0. The molecule has 2 unspecified atom stereocenters. The van der Waals surface area contributed by atoms with Crippen molar-refractivity contribution < 1.29 is 0 Å². The Morgan fingerprint density at radius 3 is 2.52 bits per heavy atom. The fraction of sp³-hybridized carbons (Fsp3) is 0.579. The van der Waals surface area contributed by atoms with Crippen molar-refractivity contribution in [3.05, 3.63) is 42.0 Å². The molecule has 1 saturated carbocycles. The Balaban J connectivity index is 1.49. The van der Waals surface area contributed by atoms with E-state index in [1.54, 1.807) is 5.56 Å². The molecule has 112 valence electrons. The molecule has 0 N–H and O–H groups in total. The van der Waals surface area contributed by atoms with E-state index >= 15 is 0 Å². The molecule has 2 aliphatic heterocycles. The normalized spacial score (nSPS) is 32.3. The molecular formula is C19H26N2. The molecule has 4 rings (SSSR count). The highest BCUT2D eigenvalue weighted by Crippen LogP contribution is 2.58. The Labute approximate surface area is 128 Å². The van der Waals surface area contributed by atoms with Crippen LogP contribution in [0.1, 0.15) is 31.7 Å². The van der Waals surface area contributed by atoms with Crippen molar-refractivity contribution in [2.45, 2.75) is 31.6 Å². The number of nitrogens with zero attached hydrogens (tertiary/aromatic N) is 2. The number of anilines is 1. The molecule has 0 spiro atoms. The van der Waals surface area contributed by atoms with Gasteiger partial charge in [0.2, 0.25) is 0 Å². The zero-order valence-electron chi connectivity index (χ0n) is 13.1. The van der Waals surface area contributed by atoms with Crippen LogP contribution in [-0.2, 0) is 5.41 Å². The molecule has 2 saturated heterocycles. The summed E-state index contributed by atoms with van der Waals surface area (Å²) in [7, 11) is 0. The SMILES string of the molecule is C=C1CCN(c2ccc(C34CC3CN(CC)C4)cc2)CC1. The molecule has 3 aliphatic rings. The van der Waals surface area contributed by atoms with Crippen LogP contribution in [0.5, 0.6) is 0 Å². The van der Waals surface area contributed by atoms with E-state index in [4.69, 9.17) is 0 Å². The number of benzene rings is 1. The van der Waals surface area contributed by atoms with E-state index in [9.17, 15) is 0 Å². The van der Waals surface area contributed by atoms with E-state index < -0.39 is 0 Å². The molecule has 2 atom stereocenters. The van der Waals surface area contributed by atoms with Crippen molar-refractivity contribution in [1.82, 2.24) is 4.90 Å². The second-order valence-electron chi connectivity index (χ2n) is 7.17.